The van der Waals surface area contributed by atoms with E-state index in [1.165, 1.54) is 54.3 Å². The normalized spacial score (nSPS) is 11.2. The zero-order valence-corrected chi connectivity index (χ0v) is 14.5. The lowest BCUT2D eigenvalue weighted by Crippen LogP contribution is -1.97. The zero-order chi connectivity index (χ0) is 16.1. The number of para-hydroxylation sites is 1. The van der Waals surface area contributed by atoms with Crippen molar-refractivity contribution in [1.29, 1.82) is 0 Å². The van der Waals surface area contributed by atoms with Crippen LogP contribution in [0.15, 0.2) is 54.6 Å². The summed E-state index contributed by atoms with van der Waals surface area (Å²) in [6, 6.07) is 19.1. The van der Waals surface area contributed by atoms with Gasteiger partial charge < -0.3 is 4.57 Å². The van der Waals surface area contributed by atoms with Gasteiger partial charge in [0.25, 0.3) is 0 Å². The smallest absolute Gasteiger partial charge is 0.0693 e. The van der Waals surface area contributed by atoms with Crippen LogP contribution in [0.2, 0.25) is 5.02 Å². The molecule has 0 fully saturated rings. The van der Waals surface area contributed by atoms with E-state index in [9.17, 15) is 0 Å². The minimum Gasteiger partial charge on any atom is -0.346 e. The summed E-state index contributed by atoms with van der Waals surface area (Å²) in [4.78, 5) is 0. The number of hydrogen-bond donors (Lipinski definition) is 0. The Bertz CT molecular complexity index is 719. The zero-order valence-electron chi connectivity index (χ0n) is 13.8. The van der Waals surface area contributed by atoms with Crippen LogP contribution in [0.25, 0.3) is 10.9 Å². The van der Waals surface area contributed by atoms with Gasteiger partial charge in [-0.2, -0.15) is 0 Å². The highest BCUT2D eigenvalue weighted by molar-refractivity contribution is 6.36. The van der Waals surface area contributed by atoms with Crippen molar-refractivity contribution in [3.63, 3.8) is 0 Å². The first-order valence-electron chi connectivity index (χ1n) is 8.53. The summed E-state index contributed by atoms with van der Waals surface area (Å²) in [6.07, 6.45) is 7.29. The third-order valence-electron chi connectivity index (χ3n) is 4.63. The SMILES string of the molecule is Cn1c(CCCCCCc2ccccc2)c(Cl)c2ccccc21. The van der Waals surface area contributed by atoms with Gasteiger partial charge in [0.15, 0.2) is 0 Å². The van der Waals surface area contributed by atoms with E-state index in [1.54, 1.807) is 0 Å². The predicted octanol–water partition coefficient (Wildman–Crippen LogP) is 6.18. The van der Waals surface area contributed by atoms with Crippen molar-refractivity contribution in [3.05, 3.63) is 70.9 Å². The van der Waals surface area contributed by atoms with Gasteiger partial charge in [0.2, 0.25) is 0 Å². The molecule has 0 spiro atoms. The van der Waals surface area contributed by atoms with E-state index >= 15 is 0 Å². The second kappa shape index (κ2) is 7.70. The van der Waals surface area contributed by atoms with E-state index in [0.717, 1.165) is 11.4 Å². The molecule has 23 heavy (non-hydrogen) atoms. The third kappa shape index (κ3) is 3.79. The fraction of sp³-hybridized carbons (Fsp3) is 0.333. The van der Waals surface area contributed by atoms with Crippen LogP contribution in [-0.4, -0.2) is 4.57 Å². The van der Waals surface area contributed by atoms with Crippen LogP contribution in [0.3, 0.4) is 0 Å². The van der Waals surface area contributed by atoms with Crippen molar-refractivity contribution >= 4 is 22.5 Å². The summed E-state index contributed by atoms with van der Waals surface area (Å²) in [6.45, 7) is 0. The molecule has 0 radical (unpaired) electrons. The van der Waals surface area contributed by atoms with Crippen LogP contribution in [0, 0.1) is 0 Å². The maximum absolute atomic E-state index is 6.56. The molecule has 0 aliphatic rings. The minimum atomic E-state index is 0.937. The van der Waals surface area contributed by atoms with Crippen LogP contribution >= 0.6 is 11.6 Å². The standard InChI is InChI=1S/C21H24ClN/c1-23-19-15-10-9-14-18(19)21(22)20(23)16-8-3-2-5-11-17-12-6-4-7-13-17/h4,6-7,9-10,12-15H,2-3,5,8,11,16H2,1H3. The molecular formula is C21H24ClN. The third-order valence-corrected chi connectivity index (χ3v) is 5.05. The van der Waals surface area contributed by atoms with Gasteiger partial charge >= 0.3 is 0 Å². The molecule has 0 bridgehead atoms. The number of halogens is 1. The largest absolute Gasteiger partial charge is 0.346 e. The van der Waals surface area contributed by atoms with Crippen molar-refractivity contribution in [1.82, 2.24) is 4.57 Å². The average Bonchev–Trinajstić information content (AvgIpc) is 2.84. The molecule has 0 atom stereocenters. The quantitative estimate of drug-likeness (QED) is 0.457. The summed E-state index contributed by atoms with van der Waals surface area (Å²) in [5.74, 6) is 0. The number of unbranched alkanes of at least 4 members (excludes halogenated alkanes) is 3. The number of benzene rings is 2. The highest BCUT2D eigenvalue weighted by atomic mass is 35.5. The molecule has 1 heterocycles. The number of hydrogen-bond acceptors (Lipinski definition) is 0. The fourth-order valence-corrected chi connectivity index (χ4v) is 3.68. The van der Waals surface area contributed by atoms with E-state index in [-0.39, 0.29) is 0 Å². The van der Waals surface area contributed by atoms with Gasteiger partial charge in [0.05, 0.1) is 5.02 Å². The molecule has 2 heteroatoms. The van der Waals surface area contributed by atoms with Gasteiger partial charge in [-0.05, 0) is 37.3 Å². The Kier molecular flexibility index (Phi) is 5.40. The van der Waals surface area contributed by atoms with Gasteiger partial charge in [-0.1, -0.05) is 73.0 Å². The van der Waals surface area contributed by atoms with Crippen molar-refractivity contribution in [2.75, 3.05) is 0 Å². The van der Waals surface area contributed by atoms with E-state index in [1.807, 2.05) is 0 Å². The highest BCUT2D eigenvalue weighted by Crippen LogP contribution is 2.30. The molecule has 0 unspecified atom stereocenters. The number of aromatic nitrogens is 1. The summed E-state index contributed by atoms with van der Waals surface area (Å²) in [7, 11) is 2.12. The lowest BCUT2D eigenvalue weighted by Gasteiger charge is -2.05. The molecule has 1 nitrogen and oxygen atoms in total. The maximum atomic E-state index is 6.56. The molecule has 3 aromatic rings. The van der Waals surface area contributed by atoms with E-state index in [0.29, 0.717) is 0 Å². The Morgan fingerprint density at radius 3 is 2.17 bits per heavy atom. The number of fused-ring (bicyclic) bond motifs is 1. The van der Waals surface area contributed by atoms with Gasteiger partial charge in [-0.25, -0.2) is 0 Å². The molecule has 0 saturated carbocycles. The Morgan fingerprint density at radius 2 is 1.43 bits per heavy atom. The Hall–Kier alpha value is -1.73. The summed E-state index contributed by atoms with van der Waals surface area (Å²) >= 11 is 6.56. The minimum absolute atomic E-state index is 0.937. The molecule has 0 aliphatic heterocycles. The lowest BCUT2D eigenvalue weighted by molar-refractivity contribution is 0.629. The van der Waals surface area contributed by atoms with Gasteiger partial charge in [-0.15, -0.1) is 0 Å². The van der Waals surface area contributed by atoms with Crippen molar-refractivity contribution in [2.24, 2.45) is 7.05 Å². The lowest BCUT2D eigenvalue weighted by atomic mass is 10.0. The number of aryl methyl sites for hydroxylation is 2. The second-order valence-corrected chi connectivity index (χ2v) is 6.61. The van der Waals surface area contributed by atoms with Crippen LogP contribution < -0.4 is 0 Å². The first-order valence-corrected chi connectivity index (χ1v) is 8.91. The summed E-state index contributed by atoms with van der Waals surface area (Å²) < 4.78 is 2.25. The Balaban J connectivity index is 1.48. The topological polar surface area (TPSA) is 4.93 Å². The Morgan fingerprint density at radius 1 is 0.783 bits per heavy atom. The molecule has 0 N–H and O–H groups in total. The Labute approximate surface area is 143 Å². The molecule has 0 aliphatic carbocycles. The van der Waals surface area contributed by atoms with E-state index in [2.05, 4.69) is 66.2 Å². The molecule has 1 aromatic heterocycles. The molecule has 2 aromatic carbocycles. The average molecular weight is 326 g/mol. The predicted molar refractivity (Wildman–Crippen MR) is 100 cm³/mol. The van der Waals surface area contributed by atoms with Crippen LogP contribution in [0.4, 0.5) is 0 Å². The summed E-state index contributed by atoms with van der Waals surface area (Å²) in [5.41, 5.74) is 3.96. The van der Waals surface area contributed by atoms with E-state index < -0.39 is 0 Å². The van der Waals surface area contributed by atoms with Crippen LogP contribution in [-0.2, 0) is 19.9 Å². The van der Waals surface area contributed by atoms with Crippen LogP contribution in [0.5, 0.6) is 0 Å². The second-order valence-electron chi connectivity index (χ2n) is 6.24. The van der Waals surface area contributed by atoms with E-state index in [4.69, 9.17) is 11.6 Å². The van der Waals surface area contributed by atoms with Crippen molar-refractivity contribution in [2.45, 2.75) is 38.5 Å². The van der Waals surface area contributed by atoms with Gasteiger partial charge in [0.1, 0.15) is 0 Å². The first kappa shape index (κ1) is 16.1. The molecule has 0 amide bonds. The van der Waals surface area contributed by atoms with Crippen molar-refractivity contribution < 1.29 is 0 Å². The molecule has 3 rings (SSSR count). The summed E-state index contributed by atoms with van der Waals surface area (Å²) in [5, 5.41) is 2.11. The van der Waals surface area contributed by atoms with Crippen LogP contribution in [0.1, 0.15) is 36.9 Å². The number of rotatable bonds is 7. The fourth-order valence-electron chi connectivity index (χ4n) is 3.30. The molecular weight excluding hydrogens is 302 g/mol. The van der Waals surface area contributed by atoms with Crippen molar-refractivity contribution in [3.8, 4) is 0 Å². The highest BCUT2D eigenvalue weighted by Gasteiger charge is 2.12. The monoisotopic (exact) mass is 325 g/mol. The number of nitrogens with zero attached hydrogens (tertiary/aromatic N) is 1. The first-order chi connectivity index (χ1) is 11.3. The molecule has 0 saturated heterocycles. The molecule has 120 valence electrons. The van der Waals surface area contributed by atoms with Gasteiger partial charge in [0, 0.05) is 23.6 Å². The van der Waals surface area contributed by atoms with Gasteiger partial charge in [-0.3, -0.25) is 0 Å². The maximum Gasteiger partial charge on any atom is 0.0693 e.